The number of carbonyl (C=O) groups is 3. The Hall–Kier alpha value is -2.05. The lowest BCUT2D eigenvalue weighted by Gasteiger charge is -2.26. The van der Waals surface area contributed by atoms with Gasteiger partial charge in [-0.1, -0.05) is 24.3 Å². The molecule has 2 N–H and O–H groups in total. The maximum Gasteiger partial charge on any atom is 0.254 e. The molecule has 0 bridgehead atoms. The van der Waals surface area contributed by atoms with E-state index in [1.807, 2.05) is 12.1 Å². The number of nitrogens with one attached hydrogen (secondary N) is 1. The van der Waals surface area contributed by atoms with Crippen molar-refractivity contribution in [1.29, 1.82) is 0 Å². The van der Waals surface area contributed by atoms with E-state index >= 15 is 0 Å². The Morgan fingerprint density at radius 1 is 1.26 bits per heavy atom. The highest BCUT2D eigenvalue weighted by Gasteiger charge is 2.31. The van der Waals surface area contributed by atoms with Crippen LogP contribution in [0.15, 0.2) is 24.3 Å². The lowest BCUT2D eigenvalue weighted by molar-refractivity contribution is -0.183. The maximum atomic E-state index is 11.3. The summed E-state index contributed by atoms with van der Waals surface area (Å²) >= 11 is 0. The Morgan fingerprint density at radius 3 is 2.53 bits per heavy atom. The quantitative estimate of drug-likeness (QED) is 0.468. The van der Waals surface area contributed by atoms with E-state index in [4.69, 9.17) is 5.21 Å². The molecule has 0 radical (unpaired) electrons. The predicted octanol–water partition coefficient (Wildman–Crippen LogP) is 0.495. The van der Waals surface area contributed by atoms with Gasteiger partial charge in [0.05, 0.1) is 0 Å². The number of hydrogen-bond donors (Lipinski definition) is 2. The number of imide groups is 1. The van der Waals surface area contributed by atoms with Crippen molar-refractivity contribution in [2.24, 2.45) is 0 Å². The Morgan fingerprint density at radius 2 is 1.89 bits per heavy atom. The monoisotopic (exact) mass is 262 g/mol. The Labute approximate surface area is 110 Å². The number of rotatable bonds is 4. The van der Waals surface area contributed by atoms with Crippen molar-refractivity contribution in [3.63, 3.8) is 0 Å². The summed E-state index contributed by atoms with van der Waals surface area (Å²) in [6.07, 6.45) is 0.890. The molecule has 0 atom stereocenters. The smallest absolute Gasteiger partial charge is 0.254 e. The van der Waals surface area contributed by atoms with Gasteiger partial charge in [-0.2, -0.15) is 5.06 Å². The molecule has 0 aromatic heterocycles. The highest BCUT2D eigenvalue weighted by Crippen LogP contribution is 2.13. The Kier molecular flexibility index (Phi) is 4.03. The lowest BCUT2D eigenvalue weighted by atomic mass is 10.0. The molecule has 0 saturated carbocycles. The molecule has 6 nitrogen and oxygen atoms in total. The van der Waals surface area contributed by atoms with Crippen LogP contribution in [0.5, 0.6) is 0 Å². The van der Waals surface area contributed by atoms with Gasteiger partial charge in [0.1, 0.15) is 6.29 Å². The average Bonchev–Trinajstić information content (AvgIpc) is 2.42. The molecule has 2 amide bonds. The fourth-order valence-corrected chi connectivity index (χ4v) is 2.01. The summed E-state index contributed by atoms with van der Waals surface area (Å²) in [5, 5.41) is 12.3. The van der Waals surface area contributed by atoms with Crippen LogP contribution in [0.25, 0.3) is 0 Å². The van der Waals surface area contributed by atoms with Crippen molar-refractivity contribution in [2.45, 2.75) is 25.4 Å². The van der Waals surface area contributed by atoms with E-state index in [0.717, 1.165) is 11.8 Å². The van der Waals surface area contributed by atoms with Gasteiger partial charge in [0, 0.05) is 31.0 Å². The van der Waals surface area contributed by atoms with Crippen molar-refractivity contribution < 1.29 is 19.6 Å². The van der Waals surface area contributed by atoms with E-state index in [2.05, 4.69) is 5.32 Å². The van der Waals surface area contributed by atoms with Gasteiger partial charge in [-0.3, -0.25) is 19.6 Å². The Bertz CT molecular complexity index is 497. The Balaban J connectivity index is 1.97. The predicted molar refractivity (Wildman–Crippen MR) is 65.3 cm³/mol. The van der Waals surface area contributed by atoms with Crippen LogP contribution in [0, 0.1) is 0 Å². The van der Waals surface area contributed by atoms with Crippen LogP contribution in [0.3, 0.4) is 0 Å². The second kappa shape index (κ2) is 5.73. The third-order valence-corrected chi connectivity index (χ3v) is 3.08. The second-order valence-electron chi connectivity index (χ2n) is 4.40. The number of hydroxylamine groups is 2. The molecule has 1 aliphatic rings. The van der Waals surface area contributed by atoms with Gasteiger partial charge < -0.3 is 5.32 Å². The molecule has 1 fully saturated rings. The summed E-state index contributed by atoms with van der Waals surface area (Å²) < 4.78 is 0. The molecule has 2 rings (SSSR count). The van der Waals surface area contributed by atoms with Gasteiger partial charge in [0.25, 0.3) is 11.8 Å². The van der Waals surface area contributed by atoms with Gasteiger partial charge in [0.2, 0.25) is 0 Å². The largest absolute Gasteiger partial charge is 0.309 e. The second-order valence-corrected chi connectivity index (χ2v) is 4.40. The minimum Gasteiger partial charge on any atom is -0.309 e. The number of nitrogens with zero attached hydrogens (tertiary/aromatic N) is 1. The SMILES string of the molecule is O=Cc1ccccc1CNC1CC(=O)N(O)C(=O)C1. The van der Waals surface area contributed by atoms with E-state index < -0.39 is 11.8 Å². The van der Waals surface area contributed by atoms with Crippen LogP contribution < -0.4 is 5.32 Å². The zero-order chi connectivity index (χ0) is 13.8. The maximum absolute atomic E-state index is 11.3. The highest BCUT2D eigenvalue weighted by molar-refractivity contribution is 5.96. The fourth-order valence-electron chi connectivity index (χ4n) is 2.01. The summed E-state index contributed by atoms with van der Waals surface area (Å²) in [6, 6.07) is 6.78. The van der Waals surface area contributed by atoms with Crippen molar-refractivity contribution >= 4 is 18.1 Å². The molecule has 100 valence electrons. The number of amides is 2. The minimum atomic E-state index is -0.613. The molecule has 0 unspecified atom stereocenters. The van der Waals surface area contributed by atoms with Crippen molar-refractivity contribution in [3.05, 3.63) is 35.4 Å². The van der Waals surface area contributed by atoms with Gasteiger partial charge in [0.15, 0.2) is 0 Å². The van der Waals surface area contributed by atoms with Crippen LogP contribution in [0.4, 0.5) is 0 Å². The first-order chi connectivity index (χ1) is 9.11. The van der Waals surface area contributed by atoms with Crippen LogP contribution in [-0.2, 0) is 16.1 Å². The van der Waals surface area contributed by atoms with Crippen LogP contribution in [-0.4, -0.2) is 34.4 Å². The first-order valence-corrected chi connectivity index (χ1v) is 5.93. The third-order valence-electron chi connectivity index (χ3n) is 3.08. The highest BCUT2D eigenvalue weighted by atomic mass is 16.5. The number of piperidine rings is 1. The van der Waals surface area contributed by atoms with E-state index in [1.165, 1.54) is 0 Å². The number of hydrogen-bond acceptors (Lipinski definition) is 5. The molecule has 19 heavy (non-hydrogen) atoms. The van der Waals surface area contributed by atoms with E-state index in [-0.39, 0.29) is 23.9 Å². The molecule has 1 aromatic rings. The number of carbonyl (C=O) groups excluding carboxylic acids is 3. The first kappa shape index (κ1) is 13.4. The number of aldehydes is 1. The number of benzene rings is 1. The summed E-state index contributed by atoms with van der Waals surface area (Å²) in [6.45, 7) is 0.394. The van der Waals surface area contributed by atoms with Gasteiger partial charge in [-0.05, 0) is 5.56 Å². The van der Waals surface area contributed by atoms with Crippen molar-refractivity contribution in [1.82, 2.24) is 10.4 Å². The van der Waals surface area contributed by atoms with Crippen LogP contribution >= 0.6 is 0 Å². The zero-order valence-electron chi connectivity index (χ0n) is 10.2. The molecule has 1 aliphatic heterocycles. The molecule has 1 heterocycles. The lowest BCUT2D eigenvalue weighted by Crippen LogP contribution is -2.47. The molecule has 0 aliphatic carbocycles. The summed E-state index contributed by atoms with van der Waals surface area (Å²) in [5.74, 6) is -1.23. The van der Waals surface area contributed by atoms with Crippen molar-refractivity contribution in [2.75, 3.05) is 0 Å². The molecular weight excluding hydrogens is 248 g/mol. The molecule has 6 heteroatoms. The molecule has 0 spiro atoms. The summed E-state index contributed by atoms with van der Waals surface area (Å²) in [7, 11) is 0. The summed E-state index contributed by atoms with van der Waals surface area (Å²) in [4.78, 5) is 33.5. The van der Waals surface area contributed by atoms with Gasteiger partial charge in [-0.15, -0.1) is 0 Å². The molecule has 1 aromatic carbocycles. The van der Waals surface area contributed by atoms with Crippen molar-refractivity contribution in [3.8, 4) is 0 Å². The van der Waals surface area contributed by atoms with E-state index in [0.29, 0.717) is 12.1 Å². The van der Waals surface area contributed by atoms with Gasteiger partial charge >= 0.3 is 0 Å². The zero-order valence-corrected chi connectivity index (χ0v) is 10.2. The van der Waals surface area contributed by atoms with Crippen LogP contribution in [0.1, 0.15) is 28.8 Å². The summed E-state index contributed by atoms with van der Waals surface area (Å²) in [5.41, 5.74) is 1.39. The molecular formula is C13H14N2O4. The van der Waals surface area contributed by atoms with E-state index in [1.54, 1.807) is 12.1 Å². The van der Waals surface area contributed by atoms with E-state index in [9.17, 15) is 14.4 Å². The normalized spacial score (nSPS) is 16.8. The topological polar surface area (TPSA) is 86.7 Å². The molecule has 1 saturated heterocycles. The first-order valence-electron chi connectivity index (χ1n) is 5.93. The standard InChI is InChI=1S/C13H14N2O4/c16-8-10-4-2-1-3-9(10)7-14-11-5-12(17)15(19)13(18)6-11/h1-4,8,11,14,19H,5-7H2. The average molecular weight is 262 g/mol. The van der Waals surface area contributed by atoms with Gasteiger partial charge in [-0.25, -0.2) is 0 Å². The third kappa shape index (κ3) is 3.04. The van der Waals surface area contributed by atoms with Crippen LogP contribution in [0.2, 0.25) is 0 Å². The minimum absolute atomic E-state index is 0.0610. The fraction of sp³-hybridized carbons (Fsp3) is 0.308.